The summed E-state index contributed by atoms with van der Waals surface area (Å²) in [5.74, 6) is -4.13. The van der Waals surface area contributed by atoms with Crippen molar-refractivity contribution in [2.24, 2.45) is 0 Å². The first kappa shape index (κ1) is 29.1. The number of ketones is 1. The highest BCUT2D eigenvalue weighted by atomic mass is 19.4. The predicted molar refractivity (Wildman–Crippen MR) is 145 cm³/mol. The molecule has 43 heavy (non-hydrogen) atoms. The number of carbonyl (C=O) groups is 3. The van der Waals surface area contributed by atoms with Crippen LogP contribution in [0.5, 0.6) is 0 Å². The third kappa shape index (κ3) is 5.85. The van der Waals surface area contributed by atoms with Gasteiger partial charge >= 0.3 is 12.1 Å². The van der Waals surface area contributed by atoms with Gasteiger partial charge in [-0.15, -0.1) is 0 Å². The monoisotopic (exact) mass is 593 g/mol. The number of benzene rings is 3. The molecular weight excluding hydrogens is 573 g/mol. The Morgan fingerprint density at radius 1 is 0.860 bits per heavy atom. The Balaban J connectivity index is 1.60. The third-order valence-electron chi connectivity index (χ3n) is 6.79. The minimum atomic E-state index is -4.61. The van der Waals surface area contributed by atoms with E-state index >= 15 is 0 Å². The quantitative estimate of drug-likeness (QED) is 0.161. The molecule has 0 saturated heterocycles. The van der Waals surface area contributed by atoms with Gasteiger partial charge in [0.1, 0.15) is 28.7 Å². The molecule has 2 aromatic heterocycles. The largest absolute Gasteiger partial charge is 0.478 e. The van der Waals surface area contributed by atoms with Crippen LogP contribution in [0.25, 0.3) is 16.8 Å². The highest BCUT2D eigenvalue weighted by Crippen LogP contribution is 2.31. The summed E-state index contributed by atoms with van der Waals surface area (Å²) in [6.07, 6.45) is -3.48. The zero-order valence-electron chi connectivity index (χ0n) is 22.1. The van der Waals surface area contributed by atoms with E-state index in [4.69, 9.17) is 5.11 Å². The molecular formula is C31H20F5N3O4. The number of carboxylic acid groups (broad SMARTS) is 1. The number of rotatable bonds is 7. The topological polar surface area (TPSA) is 101 Å². The van der Waals surface area contributed by atoms with Gasteiger partial charge in [0.15, 0.2) is 0 Å². The number of hydrogen-bond acceptors (Lipinski definition) is 4. The molecule has 0 radical (unpaired) electrons. The first-order chi connectivity index (χ1) is 20.3. The molecule has 0 aliphatic heterocycles. The van der Waals surface area contributed by atoms with Gasteiger partial charge in [0.2, 0.25) is 5.78 Å². The Morgan fingerprint density at radius 3 is 2.14 bits per heavy atom. The number of halogens is 5. The number of amides is 1. The van der Waals surface area contributed by atoms with Crippen LogP contribution in [0.4, 0.5) is 22.0 Å². The number of aromatic carboxylic acids is 1. The number of fused-ring (bicyclic) bond motifs is 1. The molecule has 0 bridgehead atoms. The van der Waals surface area contributed by atoms with Gasteiger partial charge in [0.05, 0.1) is 23.4 Å². The first-order valence-electron chi connectivity index (χ1n) is 12.7. The molecule has 0 unspecified atom stereocenters. The van der Waals surface area contributed by atoms with Crippen molar-refractivity contribution in [2.75, 3.05) is 0 Å². The van der Waals surface area contributed by atoms with Gasteiger partial charge in [-0.1, -0.05) is 24.3 Å². The lowest BCUT2D eigenvalue weighted by atomic mass is 10.0. The number of nitrogens with one attached hydrogen (secondary N) is 1. The van der Waals surface area contributed by atoms with E-state index in [0.717, 1.165) is 48.7 Å². The zero-order valence-corrected chi connectivity index (χ0v) is 22.1. The molecule has 5 rings (SSSR count). The molecule has 2 N–H and O–H groups in total. The maximum Gasteiger partial charge on any atom is 0.416 e. The molecule has 5 aromatic rings. The summed E-state index contributed by atoms with van der Waals surface area (Å²) in [5.41, 5.74) is -0.905. The molecule has 0 saturated carbocycles. The highest BCUT2D eigenvalue weighted by Gasteiger charge is 2.30. The molecule has 1 amide bonds. The van der Waals surface area contributed by atoms with E-state index in [1.165, 1.54) is 40.8 Å². The Hall–Kier alpha value is -5.39. The van der Waals surface area contributed by atoms with Crippen molar-refractivity contribution >= 4 is 23.3 Å². The fourth-order valence-corrected chi connectivity index (χ4v) is 4.54. The number of aromatic nitrogens is 2. The molecule has 0 fully saturated rings. The van der Waals surface area contributed by atoms with E-state index in [0.29, 0.717) is 5.56 Å². The van der Waals surface area contributed by atoms with Gasteiger partial charge in [-0.2, -0.15) is 13.2 Å². The summed E-state index contributed by atoms with van der Waals surface area (Å²) in [6.45, 7) is 1.63. The van der Waals surface area contributed by atoms with Crippen LogP contribution in [0.1, 0.15) is 61.0 Å². The van der Waals surface area contributed by atoms with Crippen LogP contribution in [0.15, 0.2) is 85.1 Å². The summed E-state index contributed by atoms with van der Waals surface area (Å²) < 4.78 is 69.0. The Bertz CT molecular complexity index is 1880. The summed E-state index contributed by atoms with van der Waals surface area (Å²) >= 11 is 0. The van der Waals surface area contributed by atoms with Crippen molar-refractivity contribution in [1.29, 1.82) is 0 Å². The Morgan fingerprint density at radius 2 is 1.51 bits per heavy atom. The third-order valence-corrected chi connectivity index (χ3v) is 6.79. The van der Waals surface area contributed by atoms with Crippen LogP contribution in [0, 0.1) is 11.6 Å². The fourth-order valence-electron chi connectivity index (χ4n) is 4.54. The Labute approximate surface area is 240 Å². The van der Waals surface area contributed by atoms with Crippen LogP contribution in [0.2, 0.25) is 0 Å². The minimum Gasteiger partial charge on any atom is -0.478 e. The van der Waals surface area contributed by atoms with Gasteiger partial charge in [-0.25, -0.2) is 18.6 Å². The molecule has 7 nitrogen and oxygen atoms in total. The van der Waals surface area contributed by atoms with Gasteiger partial charge in [-0.3, -0.25) is 14.0 Å². The number of carboxylic acids is 1. The standard InChI is InChI=1S/C31H20F5N3O4/c1-16(17-2-4-19(5-3-17)30(42)43)38-29(41)25-12-20(23-14-22(32)10-11-24(23)33)13-27-37-15-26(39(25)27)28(40)18-6-8-21(9-7-18)31(34,35)36/h2-16H,1H3,(H,38,41)(H,42,43)/t16-/m0/s1. The molecule has 0 aliphatic carbocycles. The van der Waals surface area contributed by atoms with Gasteiger partial charge in [0, 0.05) is 11.1 Å². The molecule has 3 aromatic carbocycles. The van der Waals surface area contributed by atoms with Crippen LogP contribution < -0.4 is 5.32 Å². The van der Waals surface area contributed by atoms with E-state index in [2.05, 4.69) is 10.3 Å². The van der Waals surface area contributed by atoms with Crippen LogP contribution in [-0.4, -0.2) is 32.2 Å². The summed E-state index contributed by atoms with van der Waals surface area (Å²) in [6, 6.07) is 14.0. The second kappa shape index (κ2) is 11.1. The first-order valence-corrected chi connectivity index (χ1v) is 12.7. The maximum atomic E-state index is 14.7. The normalized spacial score (nSPS) is 12.2. The van der Waals surface area contributed by atoms with Crippen molar-refractivity contribution in [2.45, 2.75) is 19.1 Å². The second-order valence-corrected chi connectivity index (χ2v) is 9.62. The van der Waals surface area contributed by atoms with E-state index < -0.39 is 47.1 Å². The van der Waals surface area contributed by atoms with Crippen molar-refractivity contribution < 1.29 is 41.4 Å². The summed E-state index contributed by atoms with van der Waals surface area (Å²) in [4.78, 5) is 42.4. The van der Waals surface area contributed by atoms with Crippen LogP contribution in [-0.2, 0) is 6.18 Å². The molecule has 12 heteroatoms. The van der Waals surface area contributed by atoms with Crippen molar-refractivity contribution in [3.8, 4) is 11.1 Å². The van der Waals surface area contributed by atoms with E-state index in [9.17, 15) is 36.3 Å². The van der Waals surface area contributed by atoms with Gasteiger partial charge in [-0.05, 0) is 72.6 Å². The number of carbonyl (C=O) groups excluding carboxylic acids is 2. The maximum absolute atomic E-state index is 14.7. The van der Waals surface area contributed by atoms with Gasteiger partial charge < -0.3 is 10.4 Å². The lowest BCUT2D eigenvalue weighted by molar-refractivity contribution is -0.137. The fraction of sp³-hybridized carbons (Fsp3) is 0.0968. The number of imidazole rings is 1. The second-order valence-electron chi connectivity index (χ2n) is 9.62. The van der Waals surface area contributed by atoms with Crippen molar-refractivity contribution in [3.05, 3.63) is 130 Å². The Kier molecular flexibility index (Phi) is 7.53. The SMILES string of the molecule is C[C@H](NC(=O)c1cc(-c2cc(F)ccc2F)cc2ncc(C(=O)c3ccc(C(F)(F)F)cc3)n12)c1ccc(C(=O)O)cc1. The molecule has 2 heterocycles. The number of hydrogen-bond donors (Lipinski definition) is 2. The summed E-state index contributed by atoms with van der Waals surface area (Å²) in [5, 5.41) is 11.9. The number of alkyl halides is 3. The van der Waals surface area contributed by atoms with Crippen molar-refractivity contribution in [1.82, 2.24) is 14.7 Å². The van der Waals surface area contributed by atoms with Gasteiger partial charge in [0.25, 0.3) is 5.91 Å². The lowest BCUT2D eigenvalue weighted by Gasteiger charge is -2.17. The van der Waals surface area contributed by atoms with E-state index in [1.807, 2.05) is 0 Å². The average molecular weight is 594 g/mol. The molecule has 1 atom stereocenters. The minimum absolute atomic E-state index is 0.0139. The smallest absolute Gasteiger partial charge is 0.416 e. The predicted octanol–water partition coefficient (Wildman–Crippen LogP) is 6.72. The molecule has 0 aliphatic rings. The molecule has 0 spiro atoms. The van der Waals surface area contributed by atoms with Crippen LogP contribution in [0.3, 0.4) is 0 Å². The average Bonchev–Trinajstić information content (AvgIpc) is 3.41. The zero-order chi connectivity index (χ0) is 31.1. The van der Waals surface area contributed by atoms with Crippen molar-refractivity contribution in [3.63, 3.8) is 0 Å². The lowest BCUT2D eigenvalue weighted by Crippen LogP contribution is -2.29. The van der Waals surface area contributed by atoms with E-state index in [1.54, 1.807) is 6.92 Å². The summed E-state index contributed by atoms with van der Waals surface area (Å²) in [7, 11) is 0. The number of nitrogens with zero attached hydrogens (tertiary/aromatic N) is 2. The van der Waals surface area contributed by atoms with Crippen LogP contribution >= 0.6 is 0 Å². The van der Waals surface area contributed by atoms with E-state index in [-0.39, 0.29) is 39.3 Å². The highest BCUT2D eigenvalue weighted by molar-refractivity contribution is 6.09. The molecule has 218 valence electrons. The number of pyridine rings is 1.